The molecule has 1 N–H and O–H groups in total. The van der Waals surface area contributed by atoms with Crippen molar-refractivity contribution in [2.75, 3.05) is 45.8 Å². The third-order valence-electron chi connectivity index (χ3n) is 3.96. The minimum absolute atomic E-state index is 0.200. The van der Waals surface area contributed by atoms with Crippen LogP contribution in [0.3, 0.4) is 0 Å². The number of carbonyl (C=O) groups excluding carboxylic acids is 2. The molecule has 8 nitrogen and oxygen atoms in total. The number of benzene rings is 1. The predicted octanol–water partition coefficient (Wildman–Crippen LogP) is 2.66. The Morgan fingerprint density at radius 3 is 2.41 bits per heavy atom. The van der Waals surface area contributed by atoms with Crippen molar-refractivity contribution in [3.63, 3.8) is 0 Å². The summed E-state index contributed by atoms with van der Waals surface area (Å²) in [6.45, 7) is 8.87. The summed E-state index contributed by atoms with van der Waals surface area (Å²) in [5.74, 6) is -0.0195. The summed E-state index contributed by atoms with van der Waals surface area (Å²) in [6, 6.07) is 3.30. The number of ether oxygens (including phenoxy) is 4. The summed E-state index contributed by atoms with van der Waals surface area (Å²) in [7, 11) is 2.83. The maximum absolute atomic E-state index is 12.2. The Morgan fingerprint density at radius 1 is 1.19 bits per heavy atom. The van der Waals surface area contributed by atoms with Crippen molar-refractivity contribution in [2.45, 2.75) is 32.9 Å². The fourth-order valence-electron chi connectivity index (χ4n) is 2.73. The molecule has 1 aliphatic heterocycles. The lowest BCUT2D eigenvalue weighted by molar-refractivity contribution is 0.0339. The SMILES string of the molecule is COC(=O)c1cc(OC)c(CN2CCOCC2)cc1NC(=O)OC(C)(C)C. The van der Waals surface area contributed by atoms with E-state index >= 15 is 0 Å². The van der Waals surface area contributed by atoms with Crippen LogP contribution in [0.1, 0.15) is 36.7 Å². The number of rotatable bonds is 5. The van der Waals surface area contributed by atoms with Gasteiger partial charge in [0.2, 0.25) is 0 Å². The Hall–Kier alpha value is -2.32. The van der Waals surface area contributed by atoms with Crippen LogP contribution in [0.25, 0.3) is 0 Å². The molecular weight excluding hydrogens is 352 g/mol. The summed E-state index contributed by atoms with van der Waals surface area (Å²) >= 11 is 0. The monoisotopic (exact) mass is 380 g/mol. The second kappa shape index (κ2) is 9.05. The van der Waals surface area contributed by atoms with Crippen molar-refractivity contribution >= 4 is 17.7 Å². The number of hydrogen-bond acceptors (Lipinski definition) is 7. The molecule has 0 saturated carbocycles. The van der Waals surface area contributed by atoms with Crippen LogP contribution in [-0.2, 0) is 20.8 Å². The van der Waals surface area contributed by atoms with Crippen molar-refractivity contribution in [2.24, 2.45) is 0 Å². The van der Waals surface area contributed by atoms with Gasteiger partial charge in [0.1, 0.15) is 11.4 Å². The van der Waals surface area contributed by atoms with Crippen LogP contribution in [0, 0.1) is 0 Å². The molecular formula is C19H28N2O6. The van der Waals surface area contributed by atoms with Gasteiger partial charge in [-0.05, 0) is 32.9 Å². The number of esters is 1. The molecule has 0 unspecified atom stereocenters. The molecule has 1 fully saturated rings. The maximum Gasteiger partial charge on any atom is 0.412 e. The molecule has 0 radical (unpaired) electrons. The zero-order valence-electron chi connectivity index (χ0n) is 16.6. The Morgan fingerprint density at radius 2 is 1.85 bits per heavy atom. The lowest BCUT2D eigenvalue weighted by Crippen LogP contribution is -2.35. The Balaban J connectivity index is 2.33. The lowest BCUT2D eigenvalue weighted by Gasteiger charge is -2.27. The first-order valence-corrected chi connectivity index (χ1v) is 8.83. The number of hydrogen-bond donors (Lipinski definition) is 1. The van der Waals surface area contributed by atoms with Gasteiger partial charge < -0.3 is 18.9 Å². The number of morpholine rings is 1. The number of nitrogens with one attached hydrogen (secondary N) is 1. The molecule has 27 heavy (non-hydrogen) atoms. The van der Waals surface area contributed by atoms with Gasteiger partial charge in [0.15, 0.2) is 0 Å². The molecule has 0 atom stereocenters. The molecule has 0 spiro atoms. The molecule has 0 bridgehead atoms. The third-order valence-corrected chi connectivity index (χ3v) is 3.96. The molecule has 8 heteroatoms. The molecule has 1 saturated heterocycles. The molecule has 1 amide bonds. The number of carbonyl (C=O) groups is 2. The van der Waals surface area contributed by atoms with Gasteiger partial charge in [-0.25, -0.2) is 9.59 Å². The van der Waals surface area contributed by atoms with Gasteiger partial charge >= 0.3 is 12.1 Å². The van der Waals surface area contributed by atoms with Crippen LogP contribution in [0.4, 0.5) is 10.5 Å². The van der Waals surface area contributed by atoms with Gasteiger partial charge in [-0.3, -0.25) is 10.2 Å². The average Bonchev–Trinajstić information content (AvgIpc) is 2.60. The van der Waals surface area contributed by atoms with E-state index in [0.29, 0.717) is 31.2 Å². The largest absolute Gasteiger partial charge is 0.496 e. The van der Waals surface area contributed by atoms with Gasteiger partial charge in [0.05, 0.1) is 38.7 Å². The quantitative estimate of drug-likeness (QED) is 0.786. The Labute approximate surface area is 159 Å². The van der Waals surface area contributed by atoms with Crippen molar-refractivity contribution in [3.8, 4) is 5.75 Å². The predicted molar refractivity (Wildman–Crippen MR) is 100 cm³/mol. The van der Waals surface area contributed by atoms with Gasteiger partial charge in [-0.2, -0.15) is 0 Å². The number of methoxy groups -OCH3 is 2. The standard InChI is InChI=1S/C19H28N2O6/c1-19(2,3)27-18(23)20-15-10-13(12-21-6-8-26-9-7-21)16(24-4)11-14(15)17(22)25-5/h10-11H,6-9,12H2,1-5H3,(H,20,23). The average molecular weight is 380 g/mol. The summed E-state index contributed by atoms with van der Waals surface area (Å²) in [4.78, 5) is 26.6. The van der Waals surface area contributed by atoms with Crippen LogP contribution < -0.4 is 10.1 Å². The smallest absolute Gasteiger partial charge is 0.412 e. The lowest BCUT2D eigenvalue weighted by atomic mass is 10.1. The van der Waals surface area contributed by atoms with Gasteiger partial charge in [-0.15, -0.1) is 0 Å². The molecule has 1 heterocycles. The second-order valence-electron chi connectivity index (χ2n) is 7.22. The zero-order chi connectivity index (χ0) is 20.0. The summed E-state index contributed by atoms with van der Waals surface area (Å²) in [5.41, 5.74) is 0.711. The number of anilines is 1. The maximum atomic E-state index is 12.2. The fraction of sp³-hybridized carbons (Fsp3) is 0.579. The highest BCUT2D eigenvalue weighted by Gasteiger charge is 2.23. The summed E-state index contributed by atoms with van der Waals surface area (Å²) in [5, 5.41) is 2.65. The highest BCUT2D eigenvalue weighted by atomic mass is 16.6. The fourth-order valence-corrected chi connectivity index (χ4v) is 2.73. The van der Waals surface area contributed by atoms with Gasteiger partial charge in [-0.1, -0.05) is 0 Å². The van der Waals surface area contributed by atoms with Crippen molar-refractivity contribution in [1.82, 2.24) is 4.90 Å². The van der Waals surface area contributed by atoms with E-state index in [-0.39, 0.29) is 5.56 Å². The summed E-state index contributed by atoms with van der Waals surface area (Å²) in [6.07, 6.45) is -0.643. The molecule has 0 aliphatic carbocycles. The van der Waals surface area contributed by atoms with Crippen LogP contribution in [-0.4, -0.2) is 63.1 Å². The molecule has 1 aromatic carbocycles. The second-order valence-corrected chi connectivity index (χ2v) is 7.22. The summed E-state index contributed by atoms with van der Waals surface area (Å²) < 4.78 is 21.0. The van der Waals surface area contributed by atoms with Crippen LogP contribution in [0.2, 0.25) is 0 Å². The van der Waals surface area contributed by atoms with Crippen LogP contribution in [0.5, 0.6) is 5.75 Å². The first kappa shape index (κ1) is 21.0. The molecule has 0 aromatic heterocycles. The minimum atomic E-state index is -0.654. The Kier molecular flexibility index (Phi) is 7.04. The molecule has 150 valence electrons. The van der Waals surface area contributed by atoms with E-state index in [1.54, 1.807) is 40.0 Å². The first-order valence-electron chi connectivity index (χ1n) is 8.83. The highest BCUT2D eigenvalue weighted by molar-refractivity contribution is 6.00. The minimum Gasteiger partial charge on any atom is -0.496 e. The van der Waals surface area contributed by atoms with E-state index in [0.717, 1.165) is 18.7 Å². The molecule has 2 rings (SSSR count). The molecule has 1 aromatic rings. The number of amides is 1. The van der Waals surface area contributed by atoms with E-state index in [1.165, 1.54) is 7.11 Å². The van der Waals surface area contributed by atoms with Crippen LogP contribution >= 0.6 is 0 Å². The van der Waals surface area contributed by atoms with Crippen molar-refractivity contribution in [3.05, 3.63) is 23.3 Å². The first-order chi connectivity index (χ1) is 12.7. The van der Waals surface area contributed by atoms with E-state index in [4.69, 9.17) is 18.9 Å². The highest BCUT2D eigenvalue weighted by Crippen LogP contribution is 2.29. The van der Waals surface area contributed by atoms with E-state index < -0.39 is 17.7 Å². The van der Waals surface area contributed by atoms with E-state index in [2.05, 4.69) is 10.2 Å². The Bertz CT molecular complexity index is 678. The van der Waals surface area contributed by atoms with Crippen LogP contribution in [0.15, 0.2) is 12.1 Å². The number of nitrogens with zero attached hydrogens (tertiary/aromatic N) is 1. The van der Waals surface area contributed by atoms with Crippen molar-refractivity contribution < 1.29 is 28.5 Å². The van der Waals surface area contributed by atoms with Crippen molar-refractivity contribution in [1.29, 1.82) is 0 Å². The zero-order valence-corrected chi connectivity index (χ0v) is 16.6. The van der Waals surface area contributed by atoms with Gasteiger partial charge in [0.25, 0.3) is 0 Å². The third kappa shape index (κ3) is 6.11. The van der Waals surface area contributed by atoms with E-state index in [9.17, 15) is 9.59 Å². The molecule has 1 aliphatic rings. The topological polar surface area (TPSA) is 86.3 Å². The van der Waals surface area contributed by atoms with E-state index in [1.807, 2.05) is 0 Å². The normalized spacial score (nSPS) is 15.1. The van der Waals surface area contributed by atoms with Gasteiger partial charge in [0, 0.05) is 25.2 Å².